The van der Waals surface area contributed by atoms with Gasteiger partial charge in [0.25, 0.3) is 0 Å². The van der Waals surface area contributed by atoms with Gasteiger partial charge in [-0.3, -0.25) is 4.99 Å². The summed E-state index contributed by atoms with van der Waals surface area (Å²) in [7, 11) is 10.2. The third-order valence-corrected chi connectivity index (χ3v) is 6.88. The van der Waals surface area contributed by atoms with Gasteiger partial charge in [-0.15, -0.1) is 0 Å². The molecule has 0 atom stereocenters. The van der Waals surface area contributed by atoms with Crippen LogP contribution in [0.3, 0.4) is 0 Å². The average Bonchev–Trinajstić information content (AvgIpc) is 2.14. The lowest BCUT2D eigenvalue weighted by molar-refractivity contribution is 0.642. The molecule has 2 nitrogen and oxygen atoms in total. The van der Waals surface area contributed by atoms with Crippen LogP contribution in [-0.4, -0.2) is 37.1 Å². The highest BCUT2D eigenvalue weighted by Gasteiger charge is 2.26. The van der Waals surface area contributed by atoms with Crippen molar-refractivity contribution in [3.8, 4) is 0 Å². The van der Waals surface area contributed by atoms with Crippen molar-refractivity contribution < 1.29 is 0 Å². The Morgan fingerprint density at radius 1 is 1.43 bits per heavy atom. The van der Waals surface area contributed by atoms with E-state index in [1.54, 1.807) is 7.05 Å². The molecule has 0 radical (unpaired) electrons. The first kappa shape index (κ1) is 14.0. The van der Waals surface area contributed by atoms with Gasteiger partial charge in [0.05, 0.1) is 0 Å². The quantitative estimate of drug-likeness (QED) is 0.536. The molecule has 0 heterocycles. The van der Waals surface area contributed by atoms with E-state index in [1.165, 1.54) is 5.70 Å². The Morgan fingerprint density at radius 3 is 2.29 bits per heavy atom. The van der Waals surface area contributed by atoms with Crippen molar-refractivity contribution in [2.24, 2.45) is 4.99 Å². The molecule has 0 saturated heterocycles. The van der Waals surface area contributed by atoms with Crippen LogP contribution in [0.25, 0.3) is 0 Å². The smallest absolute Gasteiger partial charge is 0.456 e. The second-order valence-electron chi connectivity index (χ2n) is 3.88. The first-order valence-corrected chi connectivity index (χ1v) is 7.81. The maximum Gasteiger partial charge on any atom is 0.546 e. The normalized spacial score (nSPS) is 13.4. The van der Waals surface area contributed by atoms with E-state index in [2.05, 4.69) is 42.8 Å². The first-order valence-electron chi connectivity index (χ1n) is 4.88. The second-order valence-corrected chi connectivity index (χ2v) is 8.07. The summed E-state index contributed by atoms with van der Waals surface area (Å²) in [6, 6.07) is 0. The standard InChI is InChI=1S/C7H13N2.C3H7.Al.ClH/c1-6(8-3)5-7(2)9-4;1-3-2;;/h5H,1-4H3;3H,1-2H3;;1H/q-1;;+2;/p-1/b6-5-,9-7?;;;. The maximum absolute atomic E-state index is 6.37. The highest BCUT2D eigenvalue weighted by molar-refractivity contribution is 7.06. The van der Waals surface area contributed by atoms with E-state index in [1.807, 2.05) is 6.92 Å². The highest BCUT2D eigenvalue weighted by atomic mass is 35.6. The number of rotatable bonds is 4. The van der Waals surface area contributed by atoms with E-state index in [-0.39, 0.29) is 0 Å². The van der Waals surface area contributed by atoms with Gasteiger partial charge in [-0.2, -0.15) is 0 Å². The van der Waals surface area contributed by atoms with Gasteiger partial charge in [0.2, 0.25) is 0 Å². The van der Waals surface area contributed by atoms with E-state index in [0.717, 1.165) is 5.71 Å². The fourth-order valence-electron chi connectivity index (χ4n) is 1.11. The van der Waals surface area contributed by atoms with E-state index < -0.39 is 13.4 Å². The van der Waals surface area contributed by atoms with Crippen LogP contribution < -0.4 is 0 Å². The van der Waals surface area contributed by atoms with Crippen LogP contribution in [0.1, 0.15) is 27.7 Å². The second kappa shape index (κ2) is 6.50. The number of nitrogens with zero attached hydrogens (tertiary/aromatic N) is 2. The van der Waals surface area contributed by atoms with E-state index in [4.69, 9.17) is 10.0 Å². The van der Waals surface area contributed by atoms with Crippen LogP contribution in [0.2, 0.25) is 4.78 Å². The van der Waals surface area contributed by atoms with Gasteiger partial charge in [-0.05, 0) is 32.7 Å². The maximum atomic E-state index is 6.37. The summed E-state index contributed by atoms with van der Waals surface area (Å²) in [4.78, 5) is 4.10. The zero-order chi connectivity index (χ0) is 11.3. The van der Waals surface area contributed by atoms with Crippen molar-refractivity contribution in [1.82, 2.24) is 3.88 Å². The molecule has 0 aromatic rings. The van der Waals surface area contributed by atoms with Gasteiger partial charge in [0, 0.05) is 12.8 Å². The molecule has 0 aliphatic heterocycles. The lowest BCUT2D eigenvalue weighted by Crippen LogP contribution is -2.32. The number of hydrogen-bond acceptors (Lipinski definition) is 2. The fourth-order valence-corrected chi connectivity index (χ4v) is 2.93. The van der Waals surface area contributed by atoms with Gasteiger partial charge >= 0.3 is 13.4 Å². The monoisotopic (exact) mass is 230 g/mol. The Labute approximate surface area is 96.5 Å². The van der Waals surface area contributed by atoms with Crippen molar-refractivity contribution in [1.29, 1.82) is 0 Å². The van der Waals surface area contributed by atoms with Crippen LogP contribution in [0, 0.1) is 0 Å². The van der Waals surface area contributed by atoms with Gasteiger partial charge in [-0.1, -0.05) is 18.6 Å². The van der Waals surface area contributed by atoms with Crippen molar-refractivity contribution in [3.63, 3.8) is 0 Å². The van der Waals surface area contributed by atoms with Gasteiger partial charge in [0.1, 0.15) is 0 Å². The molecule has 0 rings (SSSR count). The Morgan fingerprint density at radius 2 is 1.93 bits per heavy atom. The minimum Gasteiger partial charge on any atom is -0.456 e. The van der Waals surface area contributed by atoms with Crippen molar-refractivity contribution >= 4 is 29.2 Å². The summed E-state index contributed by atoms with van der Waals surface area (Å²) in [5.41, 5.74) is 2.24. The zero-order valence-electron chi connectivity index (χ0n) is 10.0. The molecule has 0 amide bonds. The summed E-state index contributed by atoms with van der Waals surface area (Å²) < 4.78 is 2.78. The lowest BCUT2D eigenvalue weighted by atomic mass is 10.3. The van der Waals surface area contributed by atoms with Gasteiger partial charge < -0.3 is 3.88 Å². The molecule has 0 aromatic heterocycles. The topological polar surface area (TPSA) is 15.6 Å². The molecule has 0 aromatic carbocycles. The molecule has 0 spiro atoms. The number of aliphatic imine (C=N–C) groups is 1. The Bertz CT molecular complexity index is 236. The van der Waals surface area contributed by atoms with Gasteiger partial charge in [-0.25, -0.2) is 10.0 Å². The van der Waals surface area contributed by atoms with Crippen LogP contribution >= 0.6 is 10.0 Å². The predicted molar refractivity (Wildman–Crippen MR) is 67.3 cm³/mol. The van der Waals surface area contributed by atoms with E-state index in [0.29, 0.717) is 4.78 Å². The molecular formula is C10H20AlClN2. The number of hydrogen-bond donors (Lipinski definition) is 0. The van der Waals surface area contributed by atoms with Gasteiger partial charge in [0.15, 0.2) is 0 Å². The average molecular weight is 231 g/mol. The van der Waals surface area contributed by atoms with Crippen molar-refractivity contribution in [3.05, 3.63) is 11.8 Å². The number of allylic oxidation sites excluding steroid dienone is 2. The summed E-state index contributed by atoms with van der Waals surface area (Å²) in [6.07, 6.45) is 2.07. The largest absolute Gasteiger partial charge is 0.546 e. The molecule has 80 valence electrons. The molecule has 0 bridgehead atoms. The molecule has 14 heavy (non-hydrogen) atoms. The zero-order valence-corrected chi connectivity index (χ0v) is 11.9. The summed E-state index contributed by atoms with van der Waals surface area (Å²) in [5, 5.41) is 0. The molecule has 0 aliphatic carbocycles. The van der Waals surface area contributed by atoms with Crippen LogP contribution in [0.5, 0.6) is 0 Å². The SMILES string of the molecule is CN=C(C)/C=C(/C)[N](C)[Al]([Cl])[CH](C)C. The third kappa shape index (κ3) is 4.50. The highest BCUT2D eigenvalue weighted by Crippen LogP contribution is 2.17. The molecule has 4 heteroatoms. The van der Waals surface area contributed by atoms with Crippen molar-refractivity contribution in [2.75, 3.05) is 14.1 Å². The Balaban J connectivity index is 4.53. The lowest BCUT2D eigenvalue weighted by Gasteiger charge is -2.25. The van der Waals surface area contributed by atoms with E-state index in [9.17, 15) is 0 Å². The summed E-state index contributed by atoms with van der Waals surface area (Å²) in [6.45, 7) is 8.43. The minimum atomic E-state index is -1.32. The first-order chi connectivity index (χ1) is 6.40. The fraction of sp³-hybridized carbons (Fsp3) is 0.700. The predicted octanol–water partition coefficient (Wildman–Crippen LogP) is 3.05. The summed E-state index contributed by atoms with van der Waals surface area (Å²) >= 11 is -1.32. The van der Waals surface area contributed by atoms with E-state index >= 15 is 0 Å². The molecule has 0 fully saturated rings. The Hall–Kier alpha value is 0.0325. The van der Waals surface area contributed by atoms with Crippen LogP contribution in [-0.2, 0) is 0 Å². The Kier molecular flexibility index (Phi) is 6.52. The minimum absolute atomic E-state index is 0.573. The van der Waals surface area contributed by atoms with Crippen LogP contribution in [0.4, 0.5) is 0 Å². The molecule has 0 saturated carbocycles. The van der Waals surface area contributed by atoms with Crippen LogP contribution in [0.15, 0.2) is 16.8 Å². The van der Waals surface area contributed by atoms with Crippen molar-refractivity contribution in [2.45, 2.75) is 32.5 Å². The summed E-state index contributed by atoms with van der Waals surface area (Å²) in [5.74, 6) is 0. The number of halogens is 1. The molecule has 0 N–H and O–H groups in total. The molecule has 0 unspecified atom stereocenters. The third-order valence-electron chi connectivity index (χ3n) is 2.25. The molecule has 0 aliphatic rings. The molecular weight excluding hydrogens is 211 g/mol.